The van der Waals surface area contributed by atoms with Gasteiger partial charge in [0, 0.05) is 23.7 Å². The lowest BCUT2D eigenvalue weighted by atomic mass is 9.89. The number of aliphatic imine (C=N–C) groups is 1. The first kappa shape index (κ1) is 24.6. The van der Waals surface area contributed by atoms with Crippen LogP contribution in [0.15, 0.2) is 71.7 Å². The molecule has 3 aromatic rings. The molecule has 0 radical (unpaired) electrons. The molecule has 4 rings (SSSR count). The third kappa shape index (κ3) is 5.96. The van der Waals surface area contributed by atoms with Crippen LogP contribution in [0.1, 0.15) is 41.5 Å². The second kappa shape index (κ2) is 10.8. The number of carbonyl (C=O) groups excluding carboxylic acids is 1. The summed E-state index contributed by atoms with van der Waals surface area (Å²) in [5.41, 5.74) is 5.70. The van der Waals surface area contributed by atoms with Crippen molar-refractivity contribution in [2.45, 2.75) is 32.2 Å². The number of hydrogen-bond donors (Lipinski definition) is 2. The summed E-state index contributed by atoms with van der Waals surface area (Å²) in [4.78, 5) is 31.4. The largest absolute Gasteiger partial charge is 0.481 e. The van der Waals surface area contributed by atoms with Crippen molar-refractivity contribution >= 4 is 40.6 Å². The van der Waals surface area contributed by atoms with Crippen molar-refractivity contribution < 1.29 is 14.7 Å². The van der Waals surface area contributed by atoms with Crippen LogP contribution in [0.2, 0.25) is 5.02 Å². The van der Waals surface area contributed by atoms with E-state index in [1.807, 2.05) is 54.6 Å². The SMILES string of the molecule is CCN(C)Cc1ccc(N=C(c2cccc(CCC(=O)O)c2)C2C(=O)Nc3cc(Cl)ccc32)cc1. The Labute approximate surface area is 210 Å². The van der Waals surface area contributed by atoms with Crippen LogP contribution in [0.4, 0.5) is 11.4 Å². The molecule has 1 aliphatic heterocycles. The van der Waals surface area contributed by atoms with E-state index < -0.39 is 11.9 Å². The number of amides is 1. The van der Waals surface area contributed by atoms with Crippen molar-refractivity contribution in [2.24, 2.45) is 4.99 Å². The van der Waals surface area contributed by atoms with E-state index in [4.69, 9.17) is 21.7 Å². The quantitative estimate of drug-likeness (QED) is 0.380. The number of carboxylic acids is 1. The first-order valence-corrected chi connectivity index (χ1v) is 12.0. The lowest BCUT2D eigenvalue weighted by Crippen LogP contribution is -2.22. The summed E-state index contributed by atoms with van der Waals surface area (Å²) in [6, 6.07) is 21.0. The smallest absolute Gasteiger partial charge is 0.303 e. The van der Waals surface area contributed by atoms with Gasteiger partial charge in [0.05, 0.1) is 11.4 Å². The van der Waals surface area contributed by atoms with Crippen LogP contribution in [-0.2, 0) is 22.6 Å². The molecule has 0 saturated heterocycles. The van der Waals surface area contributed by atoms with Crippen molar-refractivity contribution in [3.8, 4) is 0 Å². The number of aryl methyl sites for hydroxylation is 1. The number of rotatable bonds is 9. The molecule has 0 spiro atoms. The van der Waals surface area contributed by atoms with Crippen LogP contribution >= 0.6 is 11.6 Å². The normalized spacial score (nSPS) is 15.3. The predicted octanol–water partition coefficient (Wildman–Crippen LogP) is 5.67. The number of carboxylic acid groups (broad SMARTS) is 1. The number of anilines is 1. The van der Waals surface area contributed by atoms with Crippen LogP contribution in [0.3, 0.4) is 0 Å². The highest BCUT2D eigenvalue weighted by molar-refractivity contribution is 6.31. The summed E-state index contributed by atoms with van der Waals surface area (Å²) in [6.07, 6.45) is 0.438. The number of aliphatic carboxylic acids is 1. The van der Waals surface area contributed by atoms with Gasteiger partial charge >= 0.3 is 5.97 Å². The summed E-state index contributed by atoms with van der Waals surface area (Å²) in [5, 5.41) is 12.6. The zero-order valence-electron chi connectivity index (χ0n) is 19.8. The van der Waals surface area contributed by atoms with Crippen LogP contribution in [0.5, 0.6) is 0 Å². The maximum atomic E-state index is 13.1. The summed E-state index contributed by atoms with van der Waals surface area (Å²) >= 11 is 6.15. The first-order chi connectivity index (χ1) is 16.8. The van der Waals surface area contributed by atoms with Gasteiger partial charge < -0.3 is 15.3 Å². The maximum Gasteiger partial charge on any atom is 0.303 e. The van der Waals surface area contributed by atoms with Crippen molar-refractivity contribution in [1.29, 1.82) is 0 Å². The molecule has 0 saturated carbocycles. The Bertz CT molecular complexity index is 1270. The van der Waals surface area contributed by atoms with Gasteiger partial charge in [-0.15, -0.1) is 0 Å². The molecule has 1 atom stereocenters. The number of hydrogen-bond acceptors (Lipinski definition) is 4. The lowest BCUT2D eigenvalue weighted by molar-refractivity contribution is -0.137. The molecule has 1 aliphatic rings. The van der Waals surface area contributed by atoms with Crippen LogP contribution < -0.4 is 5.32 Å². The summed E-state index contributed by atoms with van der Waals surface area (Å²) in [7, 11) is 2.07. The van der Waals surface area contributed by atoms with E-state index in [2.05, 4.69) is 24.2 Å². The minimum absolute atomic E-state index is 0.0366. The van der Waals surface area contributed by atoms with Crippen LogP contribution in [0.25, 0.3) is 0 Å². The van der Waals surface area contributed by atoms with Gasteiger partial charge in [0.15, 0.2) is 0 Å². The highest BCUT2D eigenvalue weighted by Crippen LogP contribution is 2.38. The molecule has 6 nitrogen and oxygen atoms in total. The van der Waals surface area contributed by atoms with Gasteiger partial charge in [-0.05, 0) is 72.6 Å². The number of nitrogens with one attached hydrogen (secondary N) is 1. The molecule has 0 fully saturated rings. The third-order valence-corrected chi connectivity index (χ3v) is 6.38. The minimum atomic E-state index is -0.848. The second-order valence-corrected chi connectivity index (χ2v) is 9.18. The zero-order valence-corrected chi connectivity index (χ0v) is 20.5. The minimum Gasteiger partial charge on any atom is -0.481 e. The molecule has 1 heterocycles. The fourth-order valence-corrected chi connectivity index (χ4v) is 4.35. The molecule has 180 valence electrons. The standard InChI is InChI=1S/C28H28ClN3O3/c1-3-32(2)17-19-7-11-22(12-8-19)30-27(20-6-4-5-18(15-20)9-14-25(33)34)26-23-13-10-21(29)16-24(23)31-28(26)35/h4-8,10-13,15-16,26H,3,9,14,17H2,1-2H3,(H,31,35)(H,33,34). The van der Waals surface area contributed by atoms with Crippen molar-refractivity contribution in [3.05, 3.63) is 94.0 Å². The predicted molar refractivity (Wildman–Crippen MR) is 140 cm³/mol. The molecular formula is C28H28ClN3O3. The summed E-state index contributed by atoms with van der Waals surface area (Å²) in [6.45, 7) is 3.92. The van der Waals surface area contributed by atoms with Gasteiger partial charge in [-0.25, -0.2) is 0 Å². The number of fused-ring (bicyclic) bond motifs is 1. The molecule has 2 N–H and O–H groups in total. The Hall–Kier alpha value is -3.48. The highest BCUT2D eigenvalue weighted by atomic mass is 35.5. The van der Waals surface area contributed by atoms with Crippen LogP contribution in [-0.4, -0.2) is 41.2 Å². The molecular weight excluding hydrogens is 462 g/mol. The maximum absolute atomic E-state index is 13.1. The fraction of sp³-hybridized carbons (Fsp3) is 0.250. The number of halogens is 1. The second-order valence-electron chi connectivity index (χ2n) is 8.74. The molecule has 1 unspecified atom stereocenters. The van der Waals surface area contributed by atoms with Crippen molar-refractivity contribution in [2.75, 3.05) is 18.9 Å². The molecule has 1 amide bonds. The average molecular weight is 490 g/mol. The van der Waals surface area contributed by atoms with E-state index in [0.29, 0.717) is 22.8 Å². The molecule has 0 bridgehead atoms. The Kier molecular flexibility index (Phi) is 7.63. The topological polar surface area (TPSA) is 82.0 Å². The van der Waals surface area contributed by atoms with Gasteiger partial charge in [-0.3, -0.25) is 14.6 Å². The molecule has 7 heteroatoms. The van der Waals surface area contributed by atoms with Gasteiger partial charge in [0.25, 0.3) is 0 Å². The van der Waals surface area contributed by atoms with Crippen LogP contribution in [0, 0.1) is 0 Å². The van der Waals surface area contributed by atoms with Gasteiger partial charge in [-0.1, -0.05) is 54.9 Å². The van der Waals surface area contributed by atoms with Crippen molar-refractivity contribution in [3.63, 3.8) is 0 Å². The zero-order chi connectivity index (χ0) is 24.9. The molecule has 35 heavy (non-hydrogen) atoms. The van der Waals surface area contributed by atoms with E-state index in [0.717, 1.165) is 35.5 Å². The first-order valence-electron chi connectivity index (χ1n) is 11.6. The summed E-state index contributed by atoms with van der Waals surface area (Å²) < 4.78 is 0. The van der Waals surface area contributed by atoms with E-state index in [-0.39, 0.29) is 12.3 Å². The van der Waals surface area contributed by atoms with Gasteiger partial charge in [0.1, 0.15) is 5.92 Å². The Morgan fingerprint density at radius 3 is 2.57 bits per heavy atom. The molecule has 0 aliphatic carbocycles. The number of benzene rings is 3. The van der Waals surface area contributed by atoms with Gasteiger partial charge in [0.2, 0.25) is 5.91 Å². The number of carbonyl (C=O) groups is 2. The van der Waals surface area contributed by atoms with E-state index in [1.54, 1.807) is 12.1 Å². The molecule has 0 aromatic heterocycles. The van der Waals surface area contributed by atoms with E-state index in [9.17, 15) is 9.59 Å². The Balaban J connectivity index is 1.76. The molecule has 3 aromatic carbocycles. The lowest BCUT2D eigenvalue weighted by Gasteiger charge is -2.16. The van der Waals surface area contributed by atoms with Gasteiger partial charge in [-0.2, -0.15) is 0 Å². The highest BCUT2D eigenvalue weighted by Gasteiger charge is 2.35. The van der Waals surface area contributed by atoms with Crippen molar-refractivity contribution in [1.82, 2.24) is 4.90 Å². The van der Waals surface area contributed by atoms with E-state index in [1.165, 1.54) is 5.56 Å². The Morgan fingerprint density at radius 2 is 1.86 bits per heavy atom. The summed E-state index contributed by atoms with van der Waals surface area (Å²) in [5.74, 6) is -1.62. The third-order valence-electron chi connectivity index (χ3n) is 6.15. The average Bonchev–Trinajstić information content (AvgIpc) is 3.16. The fourth-order valence-electron chi connectivity index (χ4n) is 4.18. The van der Waals surface area contributed by atoms with E-state index >= 15 is 0 Å². The Morgan fingerprint density at radius 1 is 1.09 bits per heavy atom. The number of nitrogens with zero attached hydrogens (tertiary/aromatic N) is 2. The monoisotopic (exact) mass is 489 g/mol.